The summed E-state index contributed by atoms with van der Waals surface area (Å²) in [5.74, 6) is 0.0539. The predicted octanol–water partition coefficient (Wildman–Crippen LogP) is 0.204. The highest BCUT2D eigenvalue weighted by atomic mass is 16.3. The first-order valence-electron chi connectivity index (χ1n) is 5.97. The number of nitrogens with two attached hydrogens (primary N) is 1. The number of rotatable bonds is 1. The van der Waals surface area contributed by atoms with E-state index in [4.69, 9.17) is 5.73 Å². The second-order valence-corrected chi connectivity index (χ2v) is 4.93. The van der Waals surface area contributed by atoms with Crippen LogP contribution in [0.3, 0.4) is 0 Å². The van der Waals surface area contributed by atoms with E-state index < -0.39 is 6.10 Å². The van der Waals surface area contributed by atoms with Crippen LogP contribution in [-0.4, -0.2) is 34.6 Å². The SMILES string of the molecule is NC1CC(=O)N([C@@H]2c3ccccc3C[C@@H]2O)C1. The van der Waals surface area contributed by atoms with Gasteiger partial charge in [0.15, 0.2) is 0 Å². The summed E-state index contributed by atoms with van der Waals surface area (Å²) in [5, 5.41) is 10.1. The van der Waals surface area contributed by atoms with Gasteiger partial charge in [-0.2, -0.15) is 0 Å². The van der Waals surface area contributed by atoms with Crippen LogP contribution in [0.1, 0.15) is 23.6 Å². The van der Waals surface area contributed by atoms with Crippen molar-refractivity contribution in [3.63, 3.8) is 0 Å². The summed E-state index contributed by atoms with van der Waals surface area (Å²) in [6.07, 6.45) is 0.521. The smallest absolute Gasteiger partial charge is 0.224 e. The molecule has 1 aliphatic heterocycles. The summed E-state index contributed by atoms with van der Waals surface area (Å²) in [4.78, 5) is 13.6. The van der Waals surface area contributed by atoms with Gasteiger partial charge in [0.25, 0.3) is 0 Å². The number of likely N-dealkylation sites (tertiary alicyclic amines) is 1. The van der Waals surface area contributed by atoms with Crippen LogP contribution in [0.15, 0.2) is 24.3 Å². The molecular weight excluding hydrogens is 216 g/mol. The van der Waals surface area contributed by atoms with Gasteiger partial charge in [-0.3, -0.25) is 4.79 Å². The number of aliphatic hydroxyl groups is 1. The maximum Gasteiger partial charge on any atom is 0.224 e. The number of carbonyl (C=O) groups excluding carboxylic acids is 1. The molecule has 0 bridgehead atoms. The lowest BCUT2D eigenvalue weighted by molar-refractivity contribution is -0.131. The molecule has 1 amide bonds. The Balaban J connectivity index is 1.96. The summed E-state index contributed by atoms with van der Waals surface area (Å²) in [6, 6.07) is 7.62. The molecule has 1 aromatic carbocycles. The highest BCUT2D eigenvalue weighted by Crippen LogP contribution is 2.37. The lowest BCUT2D eigenvalue weighted by Crippen LogP contribution is -2.36. The van der Waals surface area contributed by atoms with Crippen molar-refractivity contribution >= 4 is 5.91 Å². The van der Waals surface area contributed by atoms with Crippen molar-refractivity contribution in [2.45, 2.75) is 31.0 Å². The average molecular weight is 232 g/mol. The van der Waals surface area contributed by atoms with Gasteiger partial charge in [-0.05, 0) is 11.1 Å². The van der Waals surface area contributed by atoms with Crippen LogP contribution in [0.5, 0.6) is 0 Å². The van der Waals surface area contributed by atoms with Crippen LogP contribution in [0.2, 0.25) is 0 Å². The van der Waals surface area contributed by atoms with Gasteiger partial charge in [0.05, 0.1) is 12.1 Å². The molecule has 4 heteroatoms. The predicted molar refractivity (Wildman–Crippen MR) is 63.2 cm³/mol. The zero-order valence-electron chi connectivity index (χ0n) is 9.54. The van der Waals surface area contributed by atoms with E-state index in [1.54, 1.807) is 4.90 Å². The molecule has 0 saturated carbocycles. The molecule has 3 rings (SSSR count). The second kappa shape index (κ2) is 3.82. The van der Waals surface area contributed by atoms with Crippen LogP contribution >= 0.6 is 0 Å². The van der Waals surface area contributed by atoms with Gasteiger partial charge in [0.1, 0.15) is 0 Å². The molecule has 1 aromatic rings. The van der Waals surface area contributed by atoms with Gasteiger partial charge in [-0.1, -0.05) is 24.3 Å². The molecule has 1 saturated heterocycles. The highest BCUT2D eigenvalue weighted by Gasteiger charge is 2.41. The Labute approximate surface area is 100 Å². The van der Waals surface area contributed by atoms with Crippen molar-refractivity contribution in [1.29, 1.82) is 0 Å². The molecule has 1 aliphatic carbocycles. The fourth-order valence-electron chi connectivity index (χ4n) is 2.96. The monoisotopic (exact) mass is 232 g/mol. The van der Waals surface area contributed by atoms with Gasteiger partial charge in [0, 0.05) is 25.4 Å². The van der Waals surface area contributed by atoms with E-state index in [0.29, 0.717) is 19.4 Å². The number of benzene rings is 1. The second-order valence-electron chi connectivity index (χ2n) is 4.93. The number of fused-ring (bicyclic) bond motifs is 1. The summed E-state index contributed by atoms with van der Waals surface area (Å²) in [7, 11) is 0. The van der Waals surface area contributed by atoms with Crippen LogP contribution in [0.4, 0.5) is 0 Å². The molecule has 1 fully saturated rings. The molecule has 3 atom stereocenters. The lowest BCUT2D eigenvalue weighted by atomic mass is 10.1. The van der Waals surface area contributed by atoms with Crippen molar-refractivity contribution in [3.05, 3.63) is 35.4 Å². The van der Waals surface area contributed by atoms with E-state index in [9.17, 15) is 9.90 Å². The summed E-state index contributed by atoms with van der Waals surface area (Å²) >= 11 is 0. The Hall–Kier alpha value is -1.39. The third-order valence-electron chi connectivity index (χ3n) is 3.69. The number of hydrogen-bond acceptors (Lipinski definition) is 3. The number of carbonyl (C=O) groups is 1. The quantitative estimate of drug-likeness (QED) is 0.727. The van der Waals surface area contributed by atoms with Gasteiger partial charge in [0.2, 0.25) is 5.91 Å². The molecule has 90 valence electrons. The molecule has 2 aliphatic rings. The molecule has 0 spiro atoms. The van der Waals surface area contributed by atoms with E-state index in [2.05, 4.69) is 0 Å². The third-order valence-corrected chi connectivity index (χ3v) is 3.69. The summed E-state index contributed by atoms with van der Waals surface area (Å²) < 4.78 is 0. The fourth-order valence-corrected chi connectivity index (χ4v) is 2.96. The normalized spacial score (nSPS) is 32.0. The number of aliphatic hydroxyl groups excluding tert-OH is 1. The van der Waals surface area contributed by atoms with Crippen LogP contribution in [0, 0.1) is 0 Å². The maximum atomic E-state index is 11.9. The van der Waals surface area contributed by atoms with E-state index in [0.717, 1.165) is 11.1 Å². The first kappa shape index (κ1) is 10.7. The highest BCUT2D eigenvalue weighted by molar-refractivity contribution is 5.80. The number of amides is 1. The van der Waals surface area contributed by atoms with Crippen LogP contribution in [-0.2, 0) is 11.2 Å². The Bertz CT molecular complexity index is 460. The third kappa shape index (κ3) is 1.64. The largest absolute Gasteiger partial charge is 0.390 e. The van der Waals surface area contributed by atoms with E-state index in [-0.39, 0.29) is 18.0 Å². The summed E-state index contributed by atoms with van der Waals surface area (Å²) in [5.41, 5.74) is 8.01. The molecule has 1 heterocycles. The van der Waals surface area contributed by atoms with Gasteiger partial charge in [-0.25, -0.2) is 0 Å². The minimum atomic E-state index is -0.498. The van der Waals surface area contributed by atoms with Gasteiger partial charge in [-0.15, -0.1) is 0 Å². The lowest BCUT2D eigenvalue weighted by Gasteiger charge is -2.27. The van der Waals surface area contributed by atoms with Gasteiger partial charge >= 0.3 is 0 Å². The minimum Gasteiger partial charge on any atom is -0.390 e. The summed E-state index contributed by atoms with van der Waals surface area (Å²) in [6.45, 7) is 0.550. The molecule has 17 heavy (non-hydrogen) atoms. The average Bonchev–Trinajstić information content (AvgIpc) is 2.77. The van der Waals surface area contributed by atoms with Crippen LogP contribution < -0.4 is 5.73 Å². The topological polar surface area (TPSA) is 66.6 Å². The first-order chi connectivity index (χ1) is 8.16. The number of hydrogen-bond donors (Lipinski definition) is 2. The molecule has 0 radical (unpaired) electrons. The molecule has 0 aromatic heterocycles. The van der Waals surface area contributed by atoms with E-state index >= 15 is 0 Å². The van der Waals surface area contributed by atoms with Crippen LogP contribution in [0.25, 0.3) is 0 Å². The Morgan fingerprint density at radius 2 is 2.06 bits per heavy atom. The Morgan fingerprint density at radius 1 is 1.29 bits per heavy atom. The van der Waals surface area contributed by atoms with Gasteiger partial charge < -0.3 is 15.7 Å². The van der Waals surface area contributed by atoms with E-state index in [1.807, 2.05) is 24.3 Å². The first-order valence-corrected chi connectivity index (χ1v) is 5.97. The van der Waals surface area contributed by atoms with Crippen molar-refractivity contribution in [3.8, 4) is 0 Å². The standard InChI is InChI=1S/C13H16N2O2/c14-9-6-12(17)15(7-9)13-10-4-2-1-3-8(10)5-11(13)16/h1-4,9,11,13,16H,5-7,14H2/t9?,11-,13+/m0/s1. The Morgan fingerprint density at radius 3 is 2.76 bits per heavy atom. The zero-order valence-corrected chi connectivity index (χ0v) is 9.54. The molecule has 1 unspecified atom stereocenters. The Kier molecular flexibility index (Phi) is 2.42. The zero-order chi connectivity index (χ0) is 12.0. The minimum absolute atomic E-state index is 0.0539. The van der Waals surface area contributed by atoms with Crippen molar-refractivity contribution in [2.75, 3.05) is 6.54 Å². The molecular formula is C13H16N2O2. The number of nitrogens with zero attached hydrogens (tertiary/aromatic N) is 1. The van der Waals surface area contributed by atoms with Crippen molar-refractivity contribution in [2.24, 2.45) is 5.73 Å². The molecule has 3 N–H and O–H groups in total. The van der Waals surface area contributed by atoms with Crippen molar-refractivity contribution < 1.29 is 9.90 Å². The maximum absolute atomic E-state index is 11.9. The fraction of sp³-hybridized carbons (Fsp3) is 0.462. The van der Waals surface area contributed by atoms with E-state index in [1.165, 1.54) is 0 Å². The van der Waals surface area contributed by atoms with Crippen molar-refractivity contribution in [1.82, 2.24) is 4.90 Å². The molecule has 4 nitrogen and oxygen atoms in total.